The predicted molar refractivity (Wildman–Crippen MR) is 98.7 cm³/mol. The van der Waals surface area contributed by atoms with Crippen molar-refractivity contribution in [2.75, 3.05) is 0 Å². The molecule has 0 N–H and O–H groups in total. The summed E-state index contributed by atoms with van der Waals surface area (Å²) in [7, 11) is 0. The minimum atomic E-state index is 0.881. The first-order valence-corrected chi connectivity index (χ1v) is 8.55. The molecule has 0 atom stereocenters. The van der Waals surface area contributed by atoms with Crippen LogP contribution in [0.1, 0.15) is 0 Å². The van der Waals surface area contributed by atoms with E-state index < -0.39 is 0 Å². The van der Waals surface area contributed by atoms with Crippen molar-refractivity contribution in [3.63, 3.8) is 0 Å². The van der Waals surface area contributed by atoms with Gasteiger partial charge >= 0.3 is 0 Å². The second kappa shape index (κ2) is 4.27. The summed E-state index contributed by atoms with van der Waals surface area (Å²) in [4.78, 5) is 16.2. The van der Waals surface area contributed by atoms with E-state index >= 15 is 0 Å². The molecule has 0 bridgehead atoms. The van der Waals surface area contributed by atoms with Crippen molar-refractivity contribution in [2.45, 2.75) is 0 Å². The summed E-state index contributed by atoms with van der Waals surface area (Å²) in [6.45, 7) is 0. The Morgan fingerprint density at radius 1 is 0.708 bits per heavy atom. The zero-order valence-corrected chi connectivity index (χ0v) is 13.3. The lowest BCUT2D eigenvalue weighted by atomic mass is 10.1. The number of hydrogen-bond donors (Lipinski definition) is 0. The molecule has 0 amide bonds. The van der Waals surface area contributed by atoms with Crippen molar-refractivity contribution in [1.29, 1.82) is 0 Å². The topological polar surface area (TPSA) is 43.1 Å². The molecule has 112 valence electrons. The van der Waals surface area contributed by atoms with Gasteiger partial charge in [-0.05, 0) is 35.0 Å². The van der Waals surface area contributed by atoms with E-state index in [1.165, 1.54) is 10.8 Å². The Kier molecular flexibility index (Phi) is 2.20. The zero-order chi connectivity index (χ0) is 15.7. The number of benzene rings is 3. The summed E-state index contributed by atoms with van der Waals surface area (Å²) < 4.78 is 2.13. The van der Waals surface area contributed by atoms with Crippen molar-refractivity contribution in [3.8, 4) is 0 Å². The first-order chi connectivity index (χ1) is 11.9. The number of fused-ring (bicyclic) bond motifs is 7. The van der Waals surface area contributed by atoms with Gasteiger partial charge in [-0.3, -0.25) is 4.40 Å². The first-order valence-electron chi connectivity index (χ1n) is 7.73. The molecule has 0 aliphatic carbocycles. The van der Waals surface area contributed by atoms with Crippen molar-refractivity contribution >= 4 is 59.6 Å². The zero-order valence-electron chi connectivity index (χ0n) is 12.5. The van der Waals surface area contributed by atoms with Gasteiger partial charge in [-0.2, -0.15) is 0 Å². The second-order valence-corrected chi connectivity index (χ2v) is 6.82. The third-order valence-corrected chi connectivity index (χ3v) is 5.34. The van der Waals surface area contributed by atoms with E-state index in [1.54, 1.807) is 11.3 Å². The molecule has 4 nitrogen and oxygen atoms in total. The maximum atomic E-state index is 4.84. The fourth-order valence-electron chi connectivity index (χ4n) is 3.29. The van der Waals surface area contributed by atoms with Gasteiger partial charge < -0.3 is 0 Å². The van der Waals surface area contributed by atoms with Gasteiger partial charge in [-0.1, -0.05) is 47.7 Å². The monoisotopic (exact) mass is 326 g/mol. The fourth-order valence-corrected chi connectivity index (χ4v) is 4.25. The van der Waals surface area contributed by atoms with Crippen LogP contribution in [0, 0.1) is 0 Å². The molecule has 0 saturated heterocycles. The van der Waals surface area contributed by atoms with Crippen LogP contribution in [-0.2, 0) is 0 Å². The van der Waals surface area contributed by atoms with E-state index in [0.29, 0.717) is 0 Å². The molecular formula is C19H10N4S. The molecule has 0 radical (unpaired) electrons. The molecule has 3 heterocycles. The van der Waals surface area contributed by atoms with Crippen LogP contribution >= 0.6 is 11.3 Å². The van der Waals surface area contributed by atoms with Gasteiger partial charge in [0.1, 0.15) is 0 Å². The SMILES string of the molecule is c1ccc2cc3c(cc2c1)nc1sc2nc4ccccc4nc2n13. The molecule has 0 aliphatic heterocycles. The Balaban J connectivity index is 1.84. The molecule has 0 unspecified atom stereocenters. The second-order valence-electron chi connectivity index (χ2n) is 5.86. The number of rotatable bonds is 0. The Labute approximate surface area is 140 Å². The summed E-state index contributed by atoms with van der Waals surface area (Å²) in [6, 6.07) is 20.7. The van der Waals surface area contributed by atoms with Gasteiger partial charge in [0.2, 0.25) is 0 Å². The van der Waals surface area contributed by atoms with Gasteiger partial charge in [0.25, 0.3) is 0 Å². The first kappa shape index (κ1) is 12.4. The van der Waals surface area contributed by atoms with Crippen LogP contribution in [0.5, 0.6) is 0 Å². The number of nitrogens with zero attached hydrogens (tertiary/aromatic N) is 4. The summed E-state index contributed by atoms with van der Waals surface area (Å²) >= 11 is 1.59. The molecule has 24 heavy (non-hydrogen) atoms. The number of para-hydroxylation sites is 2. The molecule has 0 spiro atoms. The van der Waals surface area contributed by atoms with Crippen LogP contribution in [0.4, 0.5) is 0 Å². The molecule has 3 aromatic heterocycles. The minimum absolute atomic E-state index is 0.881. The fraction of sp³-hybridized carbons (Fsp3) is 0. The molecule has 6 rings (SSSR count). The summed E-state index contributed by atoms with van der Waals surface area (Å²) in [5.74, 6) is 0. The molecule has 0 saturated carbocycles. The maximum Gasteiger partial charge on any atom is 0.198 e. The van der Waals surface area contributed by atoms with Crippen LogP contribution in [-0.4, -0.2) is 19.4 Å². The Bertz CT molecular complexity index is 1310. The van der Waals surface area contributed by atoms with Crippen LogP contribution in [0.15, 0.2) is 60.7 Å². The van der Waals surface area contributed by atoms with Gasteiger partial charge in [-0.15, -0.1) is 0 Å². The van der Waals surface area contributed by atoms with Crippen molar-refractivity contribution in [1.82, 2.24) is 19.4 Å². The molecule has 5 heteroatoms. The van der Waals surface area contributed by atoms with Gasteiger partial charge in [0.05, 0.1) is 22.1 Å². The summed E-state index contributed by atoms with van der Waals surface area (Å²) in [5.41, 5.74) is 4.79. The lowest BCUT2D eigenvalue weighted by molar-refractivity contribution is 1.26. The van der Waals surface area contributed by atoms with Crippen molar-refractivity contribution < 1.29 is 0 Å². The Hall–Kier alpha value is -3.05. The third kappa shape index (κ3) is 1.54. The summed E-state index contributed by atoms with van der Waals surface area (Å²) in [5, 5.41) is 2.41. The average Bonchev–Trinajstić information content (AvgIpc) is 3.12. The van der Waals surface area contributed by atoms with E-state index in [0.717, 1.165) is 37.5 Å². The largest absolute Gasteiger partial charge is 0.265 e. The van der Waals surface area contributed by atoms with E-state index in [9.17, 15) is 0 Å². The smallest absolute Gasteiger partial charge is 0.198 e. The van der Waals surface area contributed by atoms with E-state index in [2.05, 4.69) is 40.8 Å². The Morgan fingerprint density at radius 2 is 1.42 bits per heavy atom. The van der Waals surface area contributed by atoms with Gasteiger partial charge in [-0.25, -0.2) is 15.0 Å². The normalized spacial score (nSPS) is 12.2. The number of hydrogen-bond acceptors (Lipinski definition) is 4. The highest BCUT2D eigenvalue weighted by Crippen LogP contribution is 2.31. The Morgan fingerprint density at radius 3 is 2.25 bits per heavy atom. The quantitative estimate of drug-likeness (QED) is 0.403. The van der Waals surface area contributed by atoms with E-state index in [4.69, 9.17) is 15.0 Å². The van der Waals surface area contributed by atoms with Crippen LogP contribution in [0.3, 0.4) is 0 Å². The summed E-state index contributed by atoms with van der Waals surface area (Å²) in [6.07, 6.45) is 0. The molecular weight excluding hydrogens is 316 g/mol. The van der Waals surface area contributed by atoms with Gasteiger partial charge in [0.15, 0.2) is 15.4 Å². The van der Waals surface area contributed by atoms with E-state index in [1.807, 2.05) is 24.3 Å². The number of imidazole rings is 1. The standard InChI is InChI=1S/C19H10N4S/c1-2-6-12-10-16-15(9-11(12)5-1)22-19-23(16)17-18(24-19)21-14-8-4-3-7-13(14)20-17/h1-10H. The molecule has 3 aromatic carbocycles. The molecule has 0 fully saturated rings. The van der Waals surface area contributed by atoms with E-state index in [-0.39, 0.29) is 0 Å². The highest BCUT2D eigenvalue weighted by atomic mass is 32.1. The highest BCUT2D eigenvalue weighted by Gasteiger charge is 2.14. The molecule has 0 aliphatic rings. The lowest BCUT2D eigenvalue weighted by Gasteiger charge is -2.00. The van der Waals surface area contributed by atoms with Crippen molar-refractivity contribution in [2.24, 2.45) is 0 Å². The average molecular weight is 326 g/mol. The predicted octanol–water partition coefficient (Wildman–Crippen LogP) is 4.80. The van der Waals surface area contributed by atoms with Crippen molar-refractivity contribution in [3.05, 3.63) is 60.7 Å². The number of thiazole rings is 1. The number of aromatic nitrogens is 4. The van der Waals surface area contributed by atoms with Gasteiger partial charge in [0, 0.05) is 0 Å². The lowest BCUT2D eigenvalue weighted by Crippen LogP contribution is -1.88. The maximum absolute atomic E-state index is 4.84. The van der Waals surface area contributed by atoms with Crippen LogP contribution < -0.4 is 0 Å². The van der Waals surface area contributed by atoms with Crippen LogP contribution in [0.25, 0.3) is 48.3 Å². The third-order valence-electron chi connectivity index (χ3n) is 4.41. The highest BCUT2D eigenvalue weighted by molar-refractivity contribution is 7.23. The molecule has 6 aromatic rings. The van der Waals surface area contributed by atoms with Crippen LogP contribution in [0.2, 0.25) is 0 Å². The minimum Gasteiger partial charge on any atom is -0.265 e.